The van der Waals surface area contributed by atoms with Crippen LogP contribution in [0.1, 0.15) is 32.6 Å². The average Bonchev–Trinajstić information content (AvgIpc) is 2.74. The maximum atomic E-state index is 5.89. The zero-order valence-corrected chi connectivity index (χ0v) is 9.24. The summed E-state index contributed by atoms with van der Waals surface area (Å²) in [7, 11) is 1.79. The van der Waals surface area contributed by atoms with Crippen molar-refractivity contribution in [1.82, 2.24) is 4.90 Å². The fourth-order valence-corrected chi connectivity index (χ4v) is 2.63. The Morgan fingerprint density at radius 3 is 2.86 bits per heavy atom. The Morgan fingerprint density at radius 2 is 2.21 bits per heavy atom. The monoisotopic (exact) mass is 199 g/mol. The Hall–Kier alpha value is -0.120. The van der Waals surface area contributed by atoms with E-state index in [1.165, 1.54) is 32.2 Å². The summed E-state index contributed by atoms with van der Waals surface area (Å²) in [5.74, 6) is 0. The standard InChI is InChI=1S/C11H21NO2/c1-9-5-6-11(14-9)12-7-3-4-10(12)8-13-2/h9-11H,3-8H2,1-2H3/t9?,10-,11?/m0/s1. The minimum Gasteiger partial charge on any atom is -0.383 e. The van der Waals surface area contributed by atoms with Crippen molar-refractivity contribution >= 4 is 0 Å². The van der Waals surface area contributed by atoms with Crippen LogP contribution in [-0.2, 0) is 9.47 Å². The third-order valence-corrected chi connectivity index (χ3v) is 3.36. The van der Waals surface area contributed by atoms with Crippen molar-refractivity contribution in [3.05, 3.63) is 0 Å². The molecule has 3 atom stereocenters. The molecule has 2 fully saturated rings. The molecule has 0 aromatic carbocycles. The van der Waals surface area contributed by atoms with Gasteiger partial charge in [-0.05, 0) is 32.6 Å². The zero-order chi connectivity index (χ0) is 9.97. The highest BCUT2D eigenvalue weighted by molar-refractivity contribution is 4.83. The molecule has 0 aromatic heterocycles. The molecule has 2 unspecified atom stereocenters. The second-order valence-electron chi connectivity index (χ2n) is 4.47. The lowest BCUT2D eigenvalue weighted by molar-refractivity contribution is -0.0646. The minimum absolute atomic E-state index is 0.368. The number of likely N-dealkylation sites (tertiary alicyclic amines) is 1. The van der Waals surface area contributed by atoms with Gasteiger partial charge in [0.25, 0.3) is 0 Å². The van der Waals surface area contributed by atoms with Crippen molar-refractivity contribution in [2.24, 2.45) is 0 Å². The third kappa shape index (κ3) is 2.10. The minimum atomic E-state index is 0.368. The molecule has 0 aromatic rings. The summed E-state index contributed by atoms with van der Waals surface area (Å²) in [5.41, 5.74) is 0. The summed E-state index contributed by atoms with van der Waals surface area (Å²) in [6.07, 6.45) is 5.78. The third-order valence-electron chi connectivity index (χ3n) is 3.36. The molecule has 2 heterocycles. The van der Waals surface area contributed by atoms with Crippen molar-refractivity contribution in [2.75, 3.05) is 20.3 Å². The first-order valence-corrected chi connectivity index (χ1v) is 5.71. The molecule has 2 aliphatic rings. The van der Waals surface area contributed by atoms with Gasteiger partial charge >= 0.3 is 0 Å². The lowest BCUT2D eigenvalue weighted by atomic mass is 10.2. The van der Waals surface area contributed by atoms with Crippen LogP contribution < -0.4 is 0 Å². The number of methoxy groups -OCH3 is 1. The molecule has 0 amide bonds. The molecule has 0 bridgehead atoms. The highest BCUT2D eigenvalue weighted by atomic mass is 16.5. The fourth-order valence-electron chi connectivity index (χ4n) is 2.63. The lowest BCUT2D eigenvalue weighted by Gasteiger charge is -2.29. The van der Waals surface area contributed by atoms with Crippen molar-refractivity contribution in [3.63, 3.8) is 0 Å². The maximum Gasteiger partial charge on any atom is 0.111 e. The van der Waals surface area contributed by atoms with Gasteiger partial charge in [-0.2, -0.15) is 0 Å². The SMILES string of the molecule is COC[C@@H]1CCCN1C1CCC(C)O1. The summed E-state index contributed by atoms with van der Waals surface area (Å²) in [5, 5.41) is 0. The van der Waals surface area contributed by atoms with Crippen LogP contribution in [0.4, 0.5) is 0 Å². The van der Waals surface area contributed by atoms with Crippen molar-refractivity contribution in [3.8, 4) is 0 Å². The van der Waals surface area contributed by atoms with Crippen molar-refractivity contribution in [1.29, 1.82) is 0 Å². The number of hydrogen-bond donors (Lipinski definition) is 0. The molecule has 82 valence electrons. The van der Waals surface area contributed by atoms with Crippen LogP contribution in [0.2, 0.25) is 0 Å². The van der Waals surface area contributed by atoms with Crippen LogP contribution in [0.3, 0.4) is 0 Å². The Kier molecular flexibility index (Phi) is 3.42. The molecule has 0 aliphatic carbocycles. The van der Waals surface area contributed by atoms with E-state index in [1.54, 1.807) is 7.11 Å². The van der Waals surface area contributed by atoms with Crippen LogP contribution >= 0.6 is 0 Å². The summed E-state index contributed by atoms with van der Waals surface area (Å²) in [6.45, 7) is 4.21. The molecule has 2 rings (SSSR count). The number of ether oxygens (including phenoxy) is 2. The van der Waals surface area contributed by atoms with Gasteiger partial charge in [0, 0.05) is 19.7 Å². The van der Waals surface area contributed by atoms with Crippen LogP contribution in [0.5, 0.6) is 0 Å². The topological polar surface area (TPSA) is 21.7 Å². The molecular formula is C11H21NO2. The normalized spacial score (nSPS) is 39.4. The number of hydrogen-bond acceptors (Lipinski definition) is 3. The van der Waals surface area contributed by atoms with Crippen molar-refractivity contribution in [2.45, 2.75) is 51.0 Å². The molecule has 3 nitrogen and oxygen atoms in total. The average molecular weight is 199 g/mol. The predicted molar refractivity (Wildman–Crippen MR) is 55.2 cm³/mol. The fraction of sp³-hybridized carbons (Fsp3) is 1.00. The van der Waals surface area contributed by atoms with Gasteiger partial charge in [-0.1, -0.05) is 0 Å². The summed E-state index contributed by atoms with van der Waals surface area (Å²) >= 11 is 0. The van der Waals surface area contributed by atoms with Gasteiger partial charge in [-0.25, -0.2) is 0 Å². The molecule has 2 saturated heterocycles. The molecule has 14 heavy (non-hydrogen) atoms. The van der Waals surface area contributed by atoms with E-state index in [0.29, 0.717) is 18.4 Å². The number of rotatable bonds is 3. The highest BCUT2D eigenvalue weighted by Crippen LogP contribution is 2.28. The van der Waals surface area contributed by atoms with Crippen LogP contribution in [0.15, 0.2) is 0 Å². The predicted octanol–water partition coefficient (Wildman–Crippen LogP) is 1.62. The van der Waals surface area contributed by atoms with Gasteiger partial charge in [0.1, 0.15) is 6.23 Å². The Bertz CT molecular complexity index is 186. The van der Waals surface area contributed by atoms with Gasteiger partial charge < -0.3 is 9.47 Å². The largest absolute Gasteiger partial charge is 0.383 e. The summed E-state index contributed by atoms with van der Waals surface area (Å²) in [6, 6.07) is 0.593. The van der Waals surface area contributed by atoms with Gasteiger partial charge in [-0.15, -0.1) is 0 Å². The van der Waals surface area contributed by atoms with E-state index < -0.39 is 0 Å². The second kappa shape index (κ2) is 4.60. The van der Waals surface area contributed by atoms with Crippen LogP contribution in [0.25, 0.3) is 0 Å². The Labute approximate surface area is 86.4 Å². The van der Waals surface area contributed by atoms with Gasteiger partial charge in [0.15, 0.2) is 0 Å². The Balaban J connectivity index is 1.89. The van der Waals surface area contributed by atoms with Gasteiger partial charge in [0.2, 0.25) is 0 Å². The van der Waals surface area contributed by atoms with E-state index in [-0.39, 0.29) is 0 Å². The first-order chi connectivity index (χ1) is 6.81. The summed E-state index contributed by atoms with van der Waals surface area (Å²) in [4.78, 5) is 2.49. The molecular weight excluding hydrogens is 178 g/mol. The molecule has 0 spiro atoms. The molecule has 0 saturated carbocycles. The first kappa shape index (κ1) is 10.4. The van der Waals surface area contributed by atoms with Gasteiger partial charge in [-0.3, -0.25) is 4.90 Å². The number of nitrogens with zero attached hydrogens (tertiary/aromatic N) is 1. The lowest BCUT2D eigenvalue weighted by Crippen LogP contribution is -2.41. The van der Waals surface area contributed by atoms with E-state index in [1.807, 2.05) is 0 Å². The maximum absolute atomic E-state index is 5.89. The quantitative estimate of drug-likeness (QED) is 0.689. The van der Waals surface area contributed by atoms with Crippen molar-refractivity contribution < 1.29 is 9.47 Å². The van der Waals surface area contributed by atoms with E-state index in [4.69, 9.17) is 9.47 Å². The van der Waals surface area contributed by atoms with Gasteiger partial charge in [0.05, 0.1) is 12.7 Å². The molecule has 2 aliphatic heterocycles. The molecule has 0 radical (unpaired) electrons. The second-order valence-corrected chi connectivity index (χ2v) is 4.47. The smallest absolute Gasteiger partial charge is 0.111 e. The van der Waals surface area contributed by atoms with E-state index in [0.717, 1.165) is 6.61 Å². The summed E-state index contributed by atoms with van der Waals surface area (Å²) < 4.78 is 11.1. The molecule has 0 N–H and O–H groups in total. The van der Waals surface area contributed by atoms with Crippen LogP contribution in [0, 0.1) is 0 Å². The van der Waals surface area contributed by atoms with E-state index in [2.05, 4.69) is 11.8 Å². The first-order valence-electron chi connectivity index (χ1n) is 5.71. The highest BCUT2D eigenvalue weighted by Gasteiger charge is 2.34. The van der Waals surface area contributed by atoms with E-state index >= 15 is 0 Å². The van der Waals surface area contributed by atoms with E-state index in [9.17, 15) is 0 Å². The zero-order valence-electron chi connectivity index (χ0n) is 9.24. The Morgan fingerprint density at radius 1 is 1.36 bits per heavy atom. The molecule has 3 heteroatoms. The van der Waals surface area contributed by atoms with Crippen LogP contribution in [-0.4, -0.2) is 43.5 Å².